The SMILES string of the molecule is CCOC(=O)Cn1c(=NC(=O)c2ccc3ccccc3c2)sc2cccc(F)c21. The number of para-hydroxylation sites is 1. The van der Waals surface area contributed by atoms with Gasteiger partial charge in [0.1, 0.15) is 12.4 Å². The van der Waals surface area contributed by atoms with Crippen LogP contribution in [0.4, 0.5) is 4.39 Å². The van der Waals surface area contributed by atoms with Crippen LogP contribution in [0.2, 0.25) is 0 Å². The summed E-state index contributed by atoms with van der Waals surface area (Å²) >= 11 is 1.15. The lowest BCUT2D eigenvalue weighted by Gasteiger charge is -2.05. The Labute approximate surface area is 169 Å². The minimum atomic E-state index is -0.518. The number of thiazole rings is 1. The predicted octanol–water partition coefficient (Wildman–Crippen LogP) is 4.30. The quantitative estimate of drug-likeness (QED) is 0.473. The van der Waals surface area contributed by atoms with E-state index in [0.29, 0.717) is 10.3 Å². The third-order valence-corrected chi connectivity index (χ3v) is 5.48. The van der Waals surface area contributed by atoms with Crippen LogP contribution in [0.25, 0.3) is 21.0 Å². The minimum Gasteiger partial charge on any atom is -0.465 e. The van der Waals surface area contributed by atoms with Crippen molar-refractivity contribution in [1.29, 1.82) is 0 Å². The van der Waals surface area contributed by atoms with Gasteiger partial charge in [-0.1, -0.05) is 47.7 Å². The second-order valence-electron chi connectivity index (χ2n) is 6.34. The Balaban J connectivity index is 1.82. The van der Waals surface area contributed by atoms with E-state index in [9.17, 15) is 14.0 Å². The maximum atomic E-state index is 14.4. The van der Waals surface area contributed by atoms with Crippen molar-refractivity contribution >= 4 is 44.2 Å². The molecule has 146 valence electrons. The molecule has 1 heterocycles. The van der Waals surface area contributed by atoms with E-state index in [-0.39, 0.29) is 23.5 Å². The van der Waals surface area contributed by atoms with E-state index in [2.05, 4.69) is 4.99 Å². The van der Waals surface area contributed by atoms with E-state index in [1.165, 1.54) is 10.6 Å². The summed E-state index contributed by atoms with van der Waals surface area (Å²) in [4.78, 5) is 29.3. The first-order chi connectivity index (χ1) is 14.1. The lowest BCUT2D eigenvalue weighted by molar-refractivity contribution is -0.143. The number of ether oxygens (including phenoxy) is 1. The van der Waals surface area contributed by atoms with Gasteiger partial charge in [0.05, 0.1) is 16.8 Å². The average molecular weight is 408 g/mol. The first-order valence-electron chi connectivity index (χ1n) is 9.08. The van der Waals surface area contributed by atoms with Crippen molar-refractivity contribution in [1.82, 2.24) is 4.57 Å². The molecule has 0 aliphatic rings. The Morgan fingerprint density at radius 1 is 1.07 bits per heavy atom. The topological polar surface area (TPSA) is 60.7 Å². The molecule has 0 spiro atoms. The van der Waals surface area contributed by atoms with Crippen molar-refractivity contribution in [2.24, 2.45) is 4.99 Å². The predicted molar refractivity (Wildman–Crippen MR) is 110 cm³/mol. The van der Waals surface area contributed by atoms with Crippen LogP contribution in [0.1, 0.15) is 17.3 Å². The highest BCUT2D eigenvalue weighted by Gasteiger charge is 2.15. The Morgan fingerprint density at radius 3 is 2.66 bits per heavy atom. The number of esters is 1. The third kappa shape index (κ3) is 3.82. The van der Waals surface area contributed by atoms with Crippen LogP contribution in [0, 0.1) is 5.82 Å². The molecule has 1 amide bonds. The summed E-state index contributed by atoms with van der Waals surface area (Å²) < 4.78 is 21.4. The molecule has 0 atom stereocenters. The molecule has 0 aliphatic carbocycles. The monoisotopic (exact) mass is 408 g/mol. The molecule has 0 unspecified atom stereocenters. The first-order valence-corrected chi connectivity index (χ1v) is 9.90. The molecule has 3 aromatic carbocycles. The van der Waals surface area contributed by atoms with Crippen molar-refractivity contribution in [3.8, 4) is 0 Å². The highest BCUT2D eigenvalue weighted by molar-refractivity contribution is 7.16. The molecule has 4 aromatic rings. The maximum Gasteiger partial charge on any atom is 0.326 e. The number of rotatable bonds is 4. The lowest BCUT2D eigenvalue weighted by atomic mass is 10.1. The van der Waals surface area contributed by atoms with Crippen LogP contribution >= 0.6 is 11.3 Å². The molecule has 0 saturated heterocycles. The molecule has 1 aromatic heterocycles. The Hall–Kier alpha value is -3.32. The van der Waals surface area contributed by atoms with Gasteiger partial charge in [-0.15, -0.1) is 0 Å². The second kappa shape index (κ2) is 7.97. The van der Waals surface area contributed by atoms with Crippen molar-refractivity contribution in [2.45, 2.75) is 13.5 Å². The average Bonchev–Trinajstić information content (AvgIpc) is 3.06. The van der Waals surface area contributed by atoms with Crippen molar-refractivity contribution in [3.05, 3.63) is 76.8 Å². The summed E-state index contributed by atoms with van der Waals surface area (Å²) in [5.41, 5.74) is 0.653. The van der Waals surface area contributed by atoms with Crippen LogP contribution in [0.15, 0.2) is 65.7 Å². The van der Waals surface area contributed by atoms with E-state index in [1.54, 1.807) is 31.2 Å². The van der Waals surface area contributed by atoms with Crippen molar-refractivity contribution in [3.63, 3.8) is 0 Å². The Bertz CT molecular complexity index is 1310. The smallest absolute Gasteiger partial charge is 0.326 e. The summed E-state index contributed by atoms with van der Waals surface area (Å²) in [6.45, 7) is 1.69. The summed E-state index contributed by atoms with van der Waals surface area (Å²) in [6, 6.07) is 17.7. The molecule has 4 rings (SSSR count). The highest BCUT2D eigenvalue weighted by atomic mass is 32.1. The standard InChI is InChI=1S/C22H17FN2O3S/c1-2-28-19(26)13-25-20-17(23)8-5-9-18(20)29-22(25)24-21(27)16-11-10-14-6-3-4-7-15(14)12-16/h3-12H,2,13H2,1H3. The molecule has 29 heavy (non-hydrogen) atoms. The number of aromatic nitrogens is 1. The van der Waals surface area contributed by atoms with Gasteiger partial charge in [-0.25, -0.2) is 4.39 Å². The van der Waals surface area contributed by atoms with E-state index >= 15 is 0 Å². The molecule has 5 nitrogen and oxygen atoms in total. The fourth-order valence-electron chi connectivity index (χ4n) is 3.13. The van der Waals surface area contributed by atoms with Crippen LogP contribution in [0.3, 0.4) is 0 Å². The number of fused-ring (bicyclic) bond motifs is 2. The summed E-state index contributed by atoms with van der Waals surface area (Å²) in [5, 5.41) is 1.95. The van der Waals surface area contributed by atoms with Crippen LogP contribution < -0.4 is 4.80 Å². The van der Waals surface area contributed by atoms with Crippen LogP contribution in [-0.2, 0) is 16.1 Å². The van der Waals surface area contributed by atoms with E-state index in [0.717, 1.165) is 22.1 Å². The molecule has 0 radical (unpaired) electrons. The first kappa shape index (κ1) is 19.0. The third-order valence-electron chi connectivity index (χ3n) is 4.44. The fraction of sp³-hybridized carbons (Fsp3) is 0.136. The Kier molecular flexibility index (Phi) is 5.22. The largest absolute Gasteiger partial charge is 0.465 e. The van der Waals surface area contributed by atoms with Gasteiger partial charge in [0.2, 0.25) is 0 Å². The second-order valence-corrected chi connectivity index (χ2v) is 7.35. The summed E-state index contributed by atoms with van der Waals surface area (Å²) in [7, 11) is 0. The molecule has 0 bridgehead atoms. The van der Waals surface area contributed by atoms with Gasteiger partial charge in [-0.3, -0.25) is 9.59 Å². The van der Waals surface area contributed by atoms with Gasteiger partial charge in [0, 0.05) is 5.56 Å². The lowest BCUT2D eigenvalue weighted by Crippen LogP contribution is -2.23. The fourth-order valence-corrected chi connectivity index (χ4v) is 4.17. The molecule has 0 N–H and O–H groups in total. The number of hydrogen-bond donors (Lipinski definition) is 0. The van der Waals surface area contributed by atoms with Gasteiger partial charge >= 0.3 is 5.97 Å². The normalized spacial score (nSPS) is 11.9. The van der Waals surface area contributed by atoms with Gasteiger partial charge in [0.25, 0.3) is 5.91 Å². The van der Waals surface area contributed by atoms with E-state index in [4.69, 9.17) is 4.74 Å². The molecular weight excluding hydrogens is 391 g/mol. The molecule has 0 aliphatic heterocycles. The van der Waals surface area contributed by atoms with Crippen molar-refractivity contribution < 1.29 is 18.7 Å². The maximum absolute atomic E-state index is 14.4. The number of nitrogens with zero attached hydrogens (tertiary/aromatic N) is 2. The summed E-state index contributed by atoms with van der Waals surface area (Å²) in [6.07, 6.45) is 0. The van der Waals surface area contributed by atoms with E-state index < -0.39 is 17.7 Å². The zero-order chi connectivity index (χ0) is 20.4. The number of carbonyl (C=O) groups is 2. The van der Waals surface area contributed by atoms with Crippen LogP contribution in [-0.4, -0.2) is 23.1 Å². The van der Waals surface area contributed by atoms with Gasteiger partial charge in [-0.05, 0) is 42.0 Å². The highest BCUT2D eigenvalue weighted by Crippen LogP contribution is 2.21. The van der Waals surface area contributed by atoms with Gasteiger partial charge in [0.15, 0.2) is 4.80 Å². The van der Waals surface area contributed by atoms with Gasteiger partial charge in [-0.2, -0.15) is 4.99 Å². The zero-order valence-corrected chi connectivity index (χ0v) is 16.4. The molecule has 0 saturated carbocycles. The number of benzene rings is 3. The summed E-state index contributed by atoms with van der Waals surface area (Å²) in [5.74, 6) is -1.46. The van der Waals surface area contributed by atoms with Crippen molar-refractivity contribution in [2.75, 3.05) is 6.61 Å². The molecule has 7 heteroatoms. The van der Waals surface area contributed by atoms with Crippen LogP contribution in [0.5, 0.6) is 0 Å². The van der Waals surface area contributed by atoms with E-state index in [1.807, 2.05) is 30.3 Å². The number of halogens is 1. The number of hydrogen-bond acceptors (Lipinski definition) is 4. The minimum absolute atomic E-state index is 0.215. The number of carbonyl (C=O) groups excluding carboxylic acids is 2. The molecule has 0 fully saturated rings. The number of amides is 1. The Morgan fingerprint density at radius 2 is 1.86 bits per heavy atom. The van der Waals surface area contributed by atoms with Gasteiger partial charge < -0.3 is 9.30 Å². The zero-order valence-electron chi connectivity index (χ0n) is 15.6. The molecular formula is C22H17FN2O3S.